The van der Waals surface area contributed by atoms with Crippen LogP contribution in [0.1, 0.15) is 0 Å². The molecule has 7 heterocycles. The van der Waals surface area contributed by atoms with Gasteiger partial charge in [-0.1, -0.05) is 328 Å². The van der Waals surface area contributed by atoms with Crippen molar-refractivity contribution in [3.8, 4) is 112 Å². The molecule has 0 aliphatic heterocycles. The average molecular weight is 1690 g/mol. The fourth-order valence-electron chi connectivity index (χ4n) is 19.1. The number of rotatable bonds is 10. The Morgan fingerprint density at radius 3 is 1.04 bits per heavy atom. The SMILES string of the molecule is c1cc(-c2nc3ccccc3nc2-c2cccc3sc4ccccc4c23)cc(-c2cccc3cc4c(cc23)oc2ccccc24)c1.c1ccc(-c2ccc(-c3nc4ccccc4nc3-c3cccc(-c4cccc5cc6c(cc45)oc4ccccc46)c3)cc2)cc1.c1ccc(-c2nc3ccccc3nc2-c2ccccc2-c2cccc3ccc4sc5ccccc5c4c23)cc1. The zero-order chi connectivity index (χ0) is 85.7. The summed E-state index contributed by atoms with van der Waals surface area (Å²) in [7, 11) is 0. The maximum absolute atomic E-state index is 6.29. The normalized spacial score (nSPS) is 11.7. The molecule has 0 bridgehead atoms. The number of para-hydroxylation sites is 8. The largest absolute Gasteiger partial charge is 0.456 e. The van der Waals surface area contributed by atoms with Gasteiger partial charge in [0.05, 0.1) is 67.3 Å². The van der Waals surface area contributed by atoms with Crippen molar-refractivity contribution in [2.75, 3.05) is 0 Å². The summed E-state index contributed by atoms with van der Waals surface area (Å²) >= 11 is 3.68. The Morgan fingerprint density at radius 2 is 0.492 bits per heavy atom. The number of benzene rings is 20. The van der Waals surface area contributed by atoms with E-state index in [1.165, 1.54) is 78.6 Å². The van der Waals surface area contributed by atoms with Crippen LogP contribution in [0.2, 0.25) is 0 Å². The summed E-state index contributed by atoms with van der Waals surface area (Å²) in [6.07, 6.45) is 0. The highest BCUT2D eigenvalue weighted by atomic mass is 32.1. The van der Waals surface area contributed by atoms with Crippen molar-refractivity contribution in [3.63, 3.8) is 0 Å². The van der Waals surface area contributed by atoms with E-state index in [1.54, 1.807) is 0 Å². The van der Waals surface area contributed by atoms with Crippen molar-refractivity contribution in [2.45, 2.75) is 0 Å². The van der Waals surface area contributed by atoms with Crippen molar-refractivity contribution >= 4 is 172 Å². The molecule has 0 spiro atoms. The second kappa shape index (κ2) is 31.7. The van der Waals surface area contributed by atoms with Gasteiger partial charge in [0, 0.05) is 95.3 Å². The van der Waals surface area contributed by atoms with Crippen LogP contribution in [0.15, 0.2) is 446 Å². The van der Waals surface area contributed by atoms with Gasteiger partial charge >= 0.3 is 0 Å². The van der Waals surface area contributed by atoms with E-state index in [0.717, 1.165) is 183 Å². The maximum Gasteiger partial charge on any atom is 0.136 e. The van der Waals surface area contributed by atoms with Gasteiger partial charge in [-0.15, -0.1) is 22.7 Å². The fraction of sp³-hybridized carbons (Fsp3) is 0. The first-order valence-corrected chi connectivity index (χ1v) is 45.3. The van der Waals surface area contributed by atoms with Gasteiger partial charge in [-0.2, -0.15) is 0 Å². The van der Waals surface area contributed by atoms with E-state index in [1.807, 2.05) is 132 Å². The van der Waals surface area contributed by atoms with Crippen LogP contribution in [-0.4, -0.2) is 29.9 Å². The first kappa shape index (κ1) is 75.7. The molecule has 8 nitrogen and oxygen atoms in total. The molecule has 0 amide bonds. The molecule has 0 unspecified atom stereocenters. The summed E-state index contributed by atoms with van der Waals surface area (Å²) in [4.78, 5) is 31.3. The highest BCUT2D eigenvalue weighted by Gasteiger charge is 2.25. The van der Waals surface area contributed by atoms with Crippen LogP contribution in [-0.2, 0) is 0 Å². The lowest BCUT2D eigenvalue weighted by Gasteiger charge is -2.16. The predicted molar refractivity (Wildman–Crippen MR) is 546 cm³/mol. The van der Waals surface area contributed by atoms with Crippen molar-refractivity contribution in [3.05, 3.63) is 437 Å². The molecule has 7 aromatic heterocycles. The molecule has 0 saturated heterocycles. The van der Waals surface area contributed by atoms with Crippen LogP contribution in [0.25, 0.3) is 262 Å². The highest BCUT2D eigenvalue weighted by molar-refractivity contribution is 7.26. The van der Waals surface area contributed by atoms with Gasteiger partial charge < -0.3 is 8.83 Å². The van der Waals surface area contributed by atoms with E-state index >= 15 is 0 Å². The first-order valence-electron chi connectivity index (χ1n) is 43.7. The number of thiophene rings is 2. The lowest BCUT2D eigenvalue weighted by Crippen LogP contribution is -1.97. The van der Waals surface area contributed by atoms with E-state index in [4.69, 9.17) is 38.7 Å². The Kier molecular flexibility index (Phi) is 18.5. The maximum atomic E-state index is 6.29. The molecule has 0 aliphatic carbocycles. The number of nitrogens with zero attached hydrogens (tertiary/aromatic N) is 6. The zero-order valence-electron chi connectivity index (χ0n) is 69.9. The molecular weight excluding hydrogens is 1620 g/mol. The lowest BCUT2D eigenvalue weighted by molar-refractivity contribution is 0.669. The van der Waals surface area contributed by atoms with E-state index in [2.05, 4.69) is 328 Å². The molecule has 130 heavy (non-hydrogen) atoms. The van der Waals surface area contributed by atoms with Crippen molar-refractivity contribution in [2.24, 2.45) is 0 Å². The average Bonchev–Trinajstić information content (AvgIpc) is 1.14. The molecule has 27 rings (SSSR count). The van der Waals surface area contributed by atoms with Crippen LogP contribution >= 0.6 is 22.7 Å². The smallest absolute Gasteiger partial charge is 0.136 e. The quantitative estimate of drug-likeness (QED) is 0.133. The Morgan fingerprint density at radius 1 is 0.154 bits per heavy atom. The van der Waals surface area contributed by atoms with Crippen molar-refractivity contribution in [1.29, 1.82) is 0 Å². The van der Waals surface area contributed by atoms with Crippen LogP contribution in [0, 0.1) is 0 Å². The van der Waals surface area contributed by atoms with Crippen LogP contribution < -0.4 is 0 Å². The third-order valence-corrected chi connectivity index (χ3v) is 27.5. The minimum Gasteiger partial charge on any atom is -0.456 e. The van der Waals surface area contributed by atoms with Gasteiger partial charge in [0.15, 0.2) is 0 Å². The third-order valence-electron chi connectivity index (χ3n) is 25.2. The third kappa shape index (κ3) is 13.3. The summed E-state index contributed by atoms with van der Waals surface area (Å²) in [6.45, 7) is 0. The van der Waals surface area contributed by atoms with Gasteiger partial charge in [0.25, 0.3) is 0 Å². The molecule has 27 aromatic rings. The predicted octanol–water partition coefficient (Wildman–Crippen LogP) is 33.6. The Labute approximate surface area is 754 Å². The molecule has 20 aromatic carbocycles. The summed E-state index contributed by atoms with van der Waals surface area (Å²) in [5.74, 6) is 0. The van der Waals surface area contributed by atoms with E-state index in [9.17, 15) is 0 Å². The molecule has 10 heteroatoms. The van der Waals surface area contributed by atoms with Gasteiger partial charge in [-0.25, -0.2) is 29.9 Å². The fourth-order valence-corrected chi connectivity index (χ4v) is 21.4. The Bertz CT molecular complexity index is 9220. The Hall–Kier alpha value is -16.8. The number of hydrogen-bond donors (Lipinski definition) is 0. The molecular formula is C120H72N6O2S2. The van der Waals surface area contributed by atoms with Crippen LogP contribution in [0.3, 0.4) is 0 Å². The summed E-state index contributed by atoms with van der Waals surface area (Å²) in [5.41, 5.74) is 29.8. The molecule has 0 fully saturated rings. The van der Waals surface area contributed by atoms with E-state index in [0.29, 0.717) is 0 Å². The van der Waals surface area contributed by atoms with Crippen molar-refractivity contribution in [1.82, 2.24) is 29.9 Å². The summed E-state index contributed by atoms with van der Waals surface area (Å²) in [5, 5.41) is 16.9. The first-order chi connectivity index (χ1) is 64.4. The van der Waals surface area contributed by atoms with Gasteiger partial charge in [0.2, 0.25) is 0 Å². The number of furan rings is 2. The lowest BCUT2D eigenvalue weighted by atomic mass is 9.90. The summed E-state index contributed by atoms with van der Waals surface area (Å²) < 4.78 is 17.7. The van der Waals surface area contributed by atoms with Crippen LogP contribution in [0.5, 0.6) is 0 Å². The molecule has 0 aliphatic rings. The minimum atomic E-state index is 0.864. The van der Waals surface area contributed by atoms with Crippen molar-refractivity contribution < 1.29 is 8.83 Å². The topological polar surface area (TPSA) is 104 Å². The van der Waals surface area contributed by atoms with Gasteiger partial charge in [-0.3, -0.25) is 0 Å². The minimum absolute atomic E-state index is 0.864. The summed E-state index contributed by atoms with van der Waals surface area (Å²) in [6, 6.07) is 153. The second-order valence-electron chi connectivity index (χ2n) is 32.9. The van der Waals surface area contributed by atoms with E-state index in [-0.39, 0.29) is 0 Å². The standard InChI is InChI=1S/C42H24N2OS.C42H26N2O.C36H22N2S/c1-5-19-36-29(13-1)33-23-26-11-8-15-28(32(26)24-37(33)45-36)25-10-7-12-27(22-25)41-42(44-35-18-4-3-17-34(35)43-41)31-16-9-21-39-40(31)30-14-2-6-20-38(30)46-39;1-2-10-27(11-3-1)28-20-22-29(23-21-28)41-42(44-38-18-6-5-17-37(38)43-41)32-14-8-12-30(24-32)33-16-9-13-31-25-36-34-15-4-7-19-39(34)45-40(36)26-35(31)33;1-2-11-24(12-3-1)35-36(38-30-19-8-7-18-29(30)37-35)27-15-5-4-14-25(27)26-17-10-13-23-21-22-32-34(33(23)26)28-16-6-9-20-31(28)39-32/h1-24H;1-26H;1-22H. The van der Waals surface area contributed by atoms with Crippen LogP contribution in [0.4, 0.5) is 0 Å². The molecule has 0 radical (unpaired) electrons. The second-order valence-corrected chi connectivity index (χ2v) is 35.1. The molecule has 0 N–H and O–H groups in total. The number of fused-ring (bicyclic) bond motifs is 19. The van der Waals surface area contributed by atoms with Gasteiger partial charge in [0.1, 0.15) is 22.3 Å². The monoisotopic (exact) mass is 1690 g/mol. The number of hydrogen-bond acceptors (Lipinski definition) is 10. The van der Waals surface area contributed by atoms with Gasteiger partial charge in [-0.05, 0) is 186 Å². The zero-order valence-corrected chi connectivity index (χ0v) is 71.5. The molecule has 0 saturated carbocycles. The molecule has 0 atom stereocenters. The molecule has 606 valence electrons. The Balaban J connectivity index is 0.000000106. The highest BCUT2D eigenvalue weighted by Crippen LogP contribution is 2.49. The number of aromatic nitrogens is 6. The van der Waals surface area contributed by atoms with E-state index < -0.39 is 0 Å².